The number of nitrogens with zero attached hydrogens (tertiary/aromatic N) is 1. The normalized spacial score (nSPS) is 11.7. The minimum atomic E-state index is 0.581. The van der Waals surface area contributed by atoms with Crippen molar-refractivity contribution in [2.75, 3.05) is 6.54 Å². The monoisotopic (exact) mass is 258 g/mol. The Hall–Kier alpha value is -1.28. The summed E-state index contributed by atoms with van der Waals surface area (Å²) in [6.45, 7) is 9.91. The van der Waals surface area contributed by atoms with Crippen LogP contribution in [0.4, 0.5) is 0 Å². The summed E-state index contributed by atoms with van der Waals surface area (Å²) < 4.78 is 2.28. The second kappa shape index (κ2) is 5.79. The molecule has 0 radical (unpaired) electrons. The minimum Gasteiger partial charge on any atom is -0.350 e. The highest BCUT2D eigenvalue weighted by Gasteiger charge is 2.09. The van der Waals surface area contributed by atoms with Gasteiger partial charge in [-0.25, -0.2) is 0 Å². The molecule has 104 valence electrons. The Balaban J connectivity index is 2.18. The smallest absolute Gasteiger partial charge is 0.0512 e. The van der Waals surface area contributed by atoms with Crippen LogP contribution >= 0.6 is 0 Å². The summed E-state index contributed by atoms with van der Waals surface area (Å²) in [5, 5.41) is 4.91. The van der Waals surface area contributed by atoms with E-state index in [0.29, 0.717) is 6.04 Å². The number of fused-ring (bicyclic) bond motifs is 1. The zero-order valence-corrected chi connectivity index (χ0v) is 12.9. The largest absolute Gasteiger partial charge is 0.350 e. The molecule has 0 aliphatic carbocycles. The Morgan fingerprint density at radius 2 is 1.95 bits per heavy atom. The van der Waals surface area contributed by atoms with Crippen LogP contribution < -0.4 is 5.32 Å². The highest BCUT2D eigenvalue weighted by Crippen LogP contribution is 2.26. The molecule has 0 aliphatic heterocycles. The number of aryl methyl sites for hydroxylation is 4. The maximum Gasteiger partial charge on any atom is 0.0512 e. The van der Waals surface area contributed by atoms with Crippen molar-refractivity contribution in [3.63, 3.8) is 0 Å². The maximum absolute atomic E-state index is 3.48. The van der Waals surface area contributed by atoms with Gasteiger partial charge in [-0.1, -0.05) is 26.0 Å². The van der Waals surface area contributed by atoms with Gasteiger partial charge in [-0.05, 0) is 49.9 Å². The van der Waals surface area contributed by atoms with Crippen molar-refractivity contribution >= 4 is 10.9 Å². The summed E-state index contributed by atoms with van der Waals surface area (Å²) in [7, 11) is 2.16. The molecular formula is C17H26N2. The molecule has 1 aromatic heterocycles. The van der Waals surface area contributed by atoms with Gasteiger partial charge in [0.15, 0.2) is 0 Å². The Morgan fingerprint density at radius 1 is 1.21 bits per heavy atom. The lowest BCUT2D eigenvalue weighted by Crippen LogP contribution is -2.23. The number of hydrogen-bond donors (Lipinski definition) is 1. The Morgan fingerprint density at radius 3 is 2.63 bits per heavy atom. The van der Waals surface area contributed by atoms with Crippen molar-refractivity contribution in [1.82, 2.24) is 9.88 Å². The molecule has 0 amide bonds. The molecule has 2 rings (SSSR count). The summed E-state index contributed by atoms with van der Waals surface area (Å²) in [5.74, 6) is 0. The fourth-order valence-electron chi connectivity index (χ4n) is 2.75. The van der Waals surface area contributed by atoms with Crippen molar-refractivity contribution in [3.8, 4) is 0 Å². The fourth-order valence-corrected chi connectivity index (χ4v) is 2.75. The zero-order valence-electron chi connectivity index (χ0n) is 12.9. The number of rotatable bonds is 5. The van der Waals surface area contributed by atoms with Gasteiger partial charge in [-0.3, -0.25) is 0 Å². The van der Waals surface area contributed by atoms with Crippen LogP contribution in [0.5, 0.6) is 0 Å². The van der Waals surface area contributed by atoms with Crippen LogP contribution in [-0.4, -0.2) is 17.2 Å². The zero-order chi connectivity index (χ0) is 14.0. The Labute approximate surface area is 116 Å². The van der Waals surface area contributed by atoms with E-state index in [9.17, 15) is 0 Å². The number of hydrogen-bond acceptors (Lipinski definition) is 1. The van der Waals surface area contributed by atoms with Crippen LogP contribution in [0.3, 0.4) is 0 Å². The summed E-state index contributed by atoms with van der Waals surface area (Å²) in [5.41, 5.74) is 5.66. The molecule has 0 unspecified atom stereocenters. The first kappa shape index (κ1) is 14.1. The van der Waals surface area contributed by atoms with Crippen molar-refractivity contribution in [2.24, 2.45) is 7.05 Å². The first-order valence-electron chi connectivity index (χ1n) is 7.28. The number of nitrogens with one attached hydrogen (secondary N) is 1. The number of aromatic nitrogens is 1. The average Bonchev–Trinajstić information content (AvgIpc) is 2.67. The van der Waals surface area contributed by atoms with Crippen LogP contribution in [0.15, 0.2) is 18.3 Å². The van der Waals surface area contributed by atoms with Crippen molar-refractivity contribution < 1.29 is 0 Å². The van der Waals surface area contributed by atoms with Gasteiger partial charge in [-0.15, -0.1) is 0 Å². The van der Waals surface area contributed by atoms with Gasteiger partial charge in [-0.2, -0.15) is 0 Å². The second-order valence-electron chi connectivity index (χ2n) is 5.88. The predicted molar refractivity (Wildman–Crippen MR) is 83.9 cm³/mol. The Bertz CT molecular complexity index is 564. The topological polar surface area (TPSA) is 17.0 Å². The van der Waals surface area contributed by atoms with E-state index in [-0.39, 0.29) is 0 Å². The summed E-state index contributed by atoms with van der Waals surface area (Å²) in [6.07, 6.45) is 4.65. The van der Waals surface area contributed by atoms with E-state index in [0.717, 1.165) is 13.0 Å². The van der Waals surface area contributed by atoms with E-state index >= 15 is 0 Å². The fraction of sp³-hybridized carbons (Fsp3) is 0.529. The van der Waals surface area contributed by atoms with E-state index in [1.54, 1.807) is 0 Å². The van der Waals surface area contributed by atoms with Crippen molar-refractivity contribution in [1.29, 1.82) is 0 Å². The standard InChI is InChI=1S/C17H26N2/c1-12(2)18-10-6-7-15-11-19(5)17-14(4)13(3)8-9-16(15)17/h8-9,11-12,18H,6-7,10H2,1-5H3. The quantitative estimate of drug-likeness (QED) is 0.809. The Kier molecular flexibility index (Phi) is 4.31. The molecule has 1 heterocycles. The van der Waals surface area contributed by atoms with Gasteiger partial charge in [0.1, 0.15) is 0 Å². The highest BCUT2D eigenvalue weighted by atomic mass is 14.9. The van der Waals surface area contributed by atoms with E-state index < -0.39 is 0 Å². The maximum atomic E-state index is 3.48. The molecule has 2 nitrogen and oxygen atoms in total. The van der Waals surface area contributed by atoms with Crippen LogP contribution in [0.1, 0.15) is 37.0 Å². The van der Waals surface area contributed by atoms with Gasteiger partial charge < -0.3 is 9.88 Å². The van der Waals surface area contributed by atoms with Crippen LogP contribution in [0.25, 0.3) is 10.9 Å². The van der Waals surface area contributed by atoms with Gasteiger partial charge in [0.05, 0.1) is 5.52 Å². The molecule has 1 N–H and O–H groups in total. The third-order valence-electron chi connectivity index (χ3n) is 3.93. The van der Waals surface area contributed by atoms with E-state index in [1.165, 1.54) is 34.0 Å². The van der Waals surface area contributed by atoms with Crippen molar-refractivity contribution in [3.05, 3.63) is 35.0 Å². The molecule has 2 aromatic rings. The van der Waals surface area contributed by atoms with E-state index in [2.05, 4.69) is 63.0 Å². The molecule has 0 fully saturated rings. The lowest BCUT2D eigenvalue weighted by molar-refractivity contribution is 0.571. The molecule has 0 bridgehead atoms. The van der Waals surface area contributed by atoms with Gasteiger partial charge >= 0.3 is 0 Å². The lowest BCUT2D eigenvalue weighted by Gasteiger charge is -2.07. The molecule has 1 aromatic carbocycles. The van der Waals surface area contributed by atoms with Gasteiger partial charge in [0, 0.05) is 24.7 Å². The van der Waals surface area contributed by atoms with Gasteiger partial charge in [0.2, 0.25) is 0 Å². The molecule has 0 saturated heterocycles. The average molecular weight is 258 g/mol. The third-order valence-corrected chi connectivity index (χ3v) is 3.93. The third kappa shape index (κ3) is 3.01. The summed E-state index contributed by atoms with van der Waals surface area (Å²) in [4.78, 5) is 0. The van der Waals surface area contributed by atoms with E-state index in [1.807, 2.05) is 0 Å². The molecule has 0 saturated carbocycles. The minimum absolute atomic E-state index is 0.581. The molecule has 19 heavy (non-hydrogen) atoms. The number of benzene rings is 1. The molecule has 0 aliphatic rings. The molecular weight excluding hydrogens is 232 g/mol. The van der Waals surface area contributed by atoms with E-state index in [4.69, 9.17) is 0 Å². The lowest BCUT2D eigenvalue weighted by atomic mass is 10.0. The summed E-state index contributed by atoms with van der Waals surface area (Å²) in [6, 6.07) is 5.11. The predicted octanol–water partition coefficient (Wildman–Crippen LogP) is 3.73. The first-order valence-corrected chi connectivity index (χ1v) is 7.28. The first-order chi connectivity index (χ1) is 9.00. The highest BCUT2D eigenvalue weighted by molar-refractivity contribution is 5.87. The molecule has 0 spiro atoms. The SMILES string of the molecule is Cc1ccc2c(CCCNC(C)C)cn(C)c2c1C. The molecule has 2 heteroatoms. The van der Waals surface area contributed by atoms with Gasteiger partial charge in [0.25, 0.3) is 0 Å². The van der Waals surface area contributed by atoms with Crippen LogP contribution in [0.2, 0.25) is 0 Å². The van der Waals surface area contributed by atoms with Crippen molar-refractivity contribution in [2.45, 2.75) is 46.6 Å². The molecule has 0 atom stereocenters. The van der Waals surface area contributed by atoms with Crippen LogP contribution in [-0.2, 0) is 13.5 Å². The second-order valence-corrected chi connectivity index (χ2v) is 5.88. The summed E-state index contributed by atoms with van der Waals surface area (Å²) >= 11 is 0. The van der Waals surface area contributed by atoms with Crippen LogP contribution in [0, 0.1) is 13.8 Å².